The van der Waals surface area contributed by atoms with Crippen molar-refractivity contribution in [1.29, 1.82) is 0 Å². The molecule has 0 bridgehead atoms. The zero-order valence-electron chi connectivity index (χ0n) is 8.23. The van der Waals surface area contributed by atoms with Crippen LogP contribution in [0.4, 0.5) is 0 Å². The maximum absolute atomic E-state index is 5.72. The molecule has 74 valence electrons. The first kappa shape index (κ1) is 8.96. The molecule has 0 saturated carbocycles. The fraction of sp³-hybridized carbons (Fsp3) is 0.333. The standard InChI is InChI=1S/C9H13N5/c1-6(10)8-4-11-9(13-8)7-3-12-14(2)5-7/h3-6H,10H2,1-2H3,(H,11,13). The molecular formula is C9H13N5. The number of hydrogen-bond acceptors (Lipinski definition) is 3. The Labute approximate surface area is 82.0 Å². The van der Waals surface area contributed by atoms with Crippen LogP contribution in [0.3, 0.4) is 0 Å². The summed E-state index contributed by atoms with van der Waals surface area (Å²) in [6.07, 6.45) is 5.43. The first-order chi connectivity index (χ1) is 6.66. The molecule has 5 nitrogen and oxygen atoms in total. The predicted molar refractivity (Wildman–Crippen MR) is 53.4 cm³/mol. The van der Waals surface area contributed by atoms with Crippen molar-refractivity contribution in [2.75, 3.05) is 0 Å². The van der Waals surface area contributed by atoms with E-state index in [2.05, 4.69) is 15.1 Å². The summed E-state index contributed by atoms with van der Waals surface area (Å²) in [6.45, 7) is 1.92. The van der Waals surface area contributed by atoms with Crippen molar-refractivity contribution in [3.8, 4) is 11.4 Å². The van der Waals surface area contributed by atoms with E-state index in [0.717, 1.165) is 17.1 Å². The van der Waals surface area contributed by atoms with E-state index in [1.807, 2.05) is 20.2 Å². The molecule has 0 aliphatic carbocycles. The zero-order chi connectivity index (χ0) is 10.1. The van der Waals surface area contributed by atoms with E-state index in [-0.39, 0.29) is 6.04 Å². The van der Waals surface area contributed by atoms with Gasteiger partial charge in [-0.15, -0.1) is 0 Å². The number of imidazole rings is 1. The summed E-state index contributed by atoms with van der Waals surface area (Å²) in [5, 5.41) is 4.07. The average Bonchev–Trinajstić information content (AvgIpc) is 2.70. The number of aryl methyl sites for hydroxylation is 1. The van der Waals surface area contributed by atoms with Gasteiger partial charge in [-0.25, -0.2) is 4.98 Å². The summed E-state index contributed by atoms with van der Waals surface area (Å²) < 4.78 is 1.74. The minimum Gasteiger partial charge on any atom is -0.340 e. The van der Waals surface area contributed by atoms with Crippen molar-refractivity contribution in [2.24, 2.45) is 12.8 Å². The lowest BCUT2D eigenvalue weighted by molar-refractivity contribution is 0.768. The molecule has 0 saturated heterocycles. The molecule has 0 fully saturated rings. The molecule has 3 N–H and O–H groups in total. The predicted octanol–water partition coefficient (Wildman–Crippen LogP) is 0.830. The molecule has 2 aromatic rings. The molecule has 5 heteroatoms. The first-order valence-corrected chi connectivity index (χ1v) is 4.46. The second-order valence-electron chi connectivity index (χ2n) is 3.38. The number of nitrogens with one attached hydrogen (secondary N) is 1. The lowest BCUT2D eigenvalue weighted by Gasteiger charge is -1.98. The Bertz CT molecular complexity index is 426. The molecule has 1 unspecified atom stereocenters. The van der Waals surface area contributed by atoms with E-state index in [4.69, 9.17) is 5.73 Å². The second-order valence-corrected chi connectivity index (χ2v) is 3.38. The summed E-state index contributed by atoms with van der Waals surface area (Å²) in [4.78, 5) is 7.38. The molecule has 0 aliphatic heterocycles. The van der Waals surface area contributed by atoms with Crippen molar-refractivity contribution < 1.29 is 0 Å². The Morgan fingerprint density at radius 2 is 2.29 bits per heavy atom. The Balaban J connectivity index is 2.33. The van der Waals surface area contributed by atoms with E-state index < -0.39 is 0 Å². The fourth-order valence-electron chi connectivity index (χ4n) is 1.26. The number of rotatable bonds is 2. The highest BCUT2D eigenvalue weighted by atomic mass is 15.2. The monoisotopic (exact) mass is 191 g/mol. The van der Waals surface area contributed by atoms with Crippen LogP contribution in [0.15, 0.2) is 18.6 Å². The lowest BCUT2D eigenvalue weighted by atomic mass is 10.3. The molecular weight excluding hydrogens is 178 g/mol. The Morgan fingerprint density at radius 3 is 2.79 bits per heavy atom. The molecule has 0 amide bonds. The summed E-state index contributed by atoms with van der Waals surface area (Å²) in [5.41, 5.74) is 7.62. The summed E-state index contributed by atoms with van der Waals surface area (Å²) >= 11 is 0. The highest BCUT2D eigenvalue weighted by Crippen LogP contribution is 2.16. The van der Waals surface area contributed by atoms with Crippen LogP contribution in [0.5, 0.6) is 0 Å². The number of nitrogens with zero attached hydrogens (tertiary/aromatic N) is 3. The third kappa shape index (κ3) is 1.54. The molecule has 0 aromatic carbocycles. The number of nitrogens with two attached hydrogens (primary N) is 1. The average molecular weight is 191 g/mol. The smallest absolute Gasteiger partial charge is 0.140 e. The van der Waals surface area contributed by atoms with Gasteiger partial charge in [-0.3, -0.25) is 4.68 Å². The van der Waals surface area contributed by atoms with Gasteiger partial charge in [0.25, 0.3) is 0 Å². The van der Waals surface area contributed by atoms with Crippen LogP contribution in [0.2, 0.25) is 0 Å². The van der Waals surface area contributed by atoms with Crippen LogP contribution < -0.4 is 5.73 Å². The summed E-state index contributed by atoms with van der Waals surface area (Å²) in [6, 6.07) is -0.0204. The van der Waals surface area contributed by atoms with Crippen molar-refractivity contribution >= 4 is 0 Å². The molecule has 0 radical (unpaired) electrons. The fourth-order valence-corrected chi connectivity index (χ4v) is 1.26. The van der Waals surface area contributed by atoms with Gasteiger partial charge in [-0.05, 0) is 6.92 Å². The van der Waals surface area contributed by atoms with E-state index in [0.29, 0.717) is 0 Å². The largest absolute Gasteiger partial charge is 0.340 e. The highest BCUT2D eigenvalue weighted by molar-refractivity contribution is 5.52. The molecule has 14 heavy (non-hydrogen) atoms. The van der Waals surface area contributed by atoms with Crippen LogP contribution >= 0.6 is 0 Å². The van der Waals surface area contributed by atoms with Crippen LogP contribution in [-0.4, -0.2) is 19.7 Å². The van der Waals surface area contributed by atoms with Crippen molar-refractivity contribution in [2.45, 2.75) is 13.0 Å². The quantitative estimate of drug-likeness (QED) is 0.738. The van der Waals surface area contributed by atoms with Gasteiger partial charge in [-0.1, -0.05) is 0 Å². The van der Waals surface area contributed by atoms with Crippen molar-refractivity contribution in [3.05, 3.63) is 24.3 Å². The summed E-state index contributed by atoms with van der Waals surface area (Å²) in [7, 11) is 1.87. The molecule has 2 aromatic heterocycles. The maximum atomic E-state index is 5.72. The minimum absolute atomic E-state index is 0.0204. The lowest BCUT2D eigenvalue weighted by Crippen LogP contribution is -2.04. The molecule has 2 heterocycles. The van der Waals surface area contributed by atoms with Gasteiger partial charge in [0.2, 0.25) is 0 Å². The SMILES string of the molecule is CC(N)c1cnc(-c2cnn(C)c2)[nH]1. The highest BCUT2D eigenvalue weighted by Gasteiger charge is 2.07. The van der Waals surface area contributed by atoms with Crippen molar-refractivity contribution in [3.63, 3.8) is 0 Å². The maximum Gasteiger partial charge on any atom is 0.140 e. The number of aromatic amines is 1. The number of H-pyrrole nitrogens is 1. The third-order valence-electron chi connectivity index (χ3n) is 2.06. The Morgan fingerprint density at radius 1 is 1.50 bits per heavy atom. The normalized spacial score (nSPS) is 13.1. The van der Waals surface area contributed by atoms with Crippen LogP contribution in [0.1, 0.15) is 18.7 Å². The molecule has 0 spiro atoms. The first-order valence-electron chi connectivity index (χ1n) is 4.46. The van der Waals surface area contributed by atoms with Gasteiger partial charge < -0.3 is 10.7 Å². The van der Waals surface area contributed by atoms with Crippen LogP contribution in [0, 0.1) is 0 Å². The zero-order valence-corrected chi connectivity index (χ0v) is 8.23. The molecule has 0 aliphatic rings. The minimum atomic E-state index is -0.0204. The van der Waals surface area contributed by atoms with Gasteiger partial charge in [-0.2, -0.15) is 5.10 Å². The second kappa shape index (κ2) is 3.26. The number of aromatic nitrogens is 4. The van der Waals surface area contributed by atoms with Gasteiger partial charge in [0.15, 0.2) is 0 Å². The summed E-state index contributed by atoms with van der Waals surface area (Å²) in [5.74, 6) is 0.811. The van der Waals surface area contributed by atoms with E-state index >= 15 is 0 Å². The van der Waals surface area contributed by atoms with Crippen molar-refractivity contribution in [1.82, 2.24) is 19.7 Å². The molecule has 1 atom stereocenters. The Hall–Kier alpha value is -1.62. The topological polar surface area (TPSA) is 72.5 Å². The third-order valence-corrected chi connectivity index (χ3v) is 2.06. The van der Waals surface area contributed by atoms with Crippen LogP contribution in [-0.2, 0) is 7.05 Å². The van der Waals surface area contributed by atoms with Gasteiger partial charge in [0, 0.05) is 19.3 Å². The van der Waals surface area contributed by atoms with Gasteiger partial charge in [0.1, 0.15) is 5.82 Å². The molecule has 2 rings (SSSR count). The Kier molecular flexibility index (Phi) is 2.09. The van der Waals surface area contributed by atoms with Gasteiger partial charge >= 0.3 is 0 Å². The van der Waals surface area contributed by atoms with E-state index in [9.17, 15) is 0 Å². The van der Waals surface area contributed by atoms with E-state index in [1.165, 1.54) is 0 Å². The van der Waals surface area contributed by atoms with E-state index in [1.54, 1.807) is 17.1 Å². The van der Waals surface area contributed by atoms with Gasteiger partial charge in [0.05, 0.1) is 23.7 Å². The van der Waals surface area contributed by atoms with Crippen LogP contribution in [0.25, 0.3) is 11.4 Å². The number of hydrogen-bond donors (Lipinski definition) is 2.